The standard InChI is InChI=1S/C28H35ClN2O5S2/c1-20(2)17-31(38(33,34)24-9-7-23(29)8-10-24)19-28(32)30(18-27-21(3)13-15-37-27)14-12-22-6-11-25(35-4)26(16-22)36-5/h6-11,13,15-16,20H,12,14,17-19H2,1-5H3. The molecule has 0 aliphatic carbocycles. The van der Waals surface area contributed by atoms with Crippen molar-refractivity contribution in [3.05, 3.63) is 74.9 Å². The lowest BCUT2D eigenvalue weighted by Crippen LogP contribution is -2.44. The molecule has 206 valence electrons. The summed E-state index contributed by atoms with van der Waals surface area (Å²) in [5.41, 5.74) is 2.09. The molecule has 0 N–H and O–H groups in total. The van der Waals surface area contributed by atoms with Gasteiger partial charge >= 0.3 is 0 Å². The van der Waals surface area contributed by atoms with Crippen molar-refractivity contribution < 1.29 is 22.7 Å². The quantitative estimate of drug-likeness (QED) is 0.262. The molecule has 0 aliphatic rings. The van der Waals surface area contributed by atoms with Gasteiger partial charge in [-0.3, -0.25) is 4.79 Å². The van der Waals surface area contributed by atoms with E-state index >= 15 is 0 Å². The summed E-state index contributed by atoms with van der Waals surface area (Å²) in [5.74, 6) is 1.03. The number of benzene rings is 2. The second-order valence-corrected chi connectivity index (χ2v) is 12.8. The van der Waals surface area contributed by atoms with Crippen LogP contribution >= 0.6 is 22.9 Å². The molecular formula is C28H35ClN2O5S2. The number of sulfonamides is 1. The molecule has 3 aromatic rings. The van der Waals surface area contributed by atoms with Crippen molar-refractivity contribution in [3.8, 4) is 11.5 Å². The number of halogens is 1. The predicted molar refractivity (Wildman–Crippen MR) is 153 cm³/mol. The molecule has 0 aliphatic heterocycles. The molecular weight excluding hydrogens is 544 g/mol. The Hall–Kier alpha value is -2.59. The molecule has 0 radical (unpaired) electrons. The van der Waals surface area contributed by atoms with Gasteiger partial charge in [0.15, 0.2) is 11.5 Å². The monoisotopic (exact) mass is 578 g/mol. The Morgan fingerprint density at radius 1 is 1.03 bits per heavy atom. The average Bonchev–Trinajstić information content (AvgIpc) is 3.29. The van der Waals surface area contributed by atoms with Gasteiger partial charge in [-0.1, -0.05) is 31.5 Å². The number of carbonyl (C=O) groups excluding carboxylic acids is 1. The molecule has 0 saturated heterocycles. The maximum absolute atomic E-state index is 13.7. The third-order valence-electron chi connectivity index (χ3n) is 6.11. The van der Waals surface area contributed by atoms with Gasteiger partial charge in [0.2, 0.25) is 15.9 Å². The number of ether oxygens (including phenoxy) is 2. The summed E-state index contributed by atoms with van der Waals surface area (Å²) >= 11 is 7.56. The molecule has 7 nitrogen and oxygen atoms in total. The van der Waals surface area contributed by atoms with Gasteiger partial charge < -0.3 is 14.4 Å². The summed E-state index contributed by atoms with van der Waals surface area (Å²) in [6.07, 6.45) is 0.574. The van der Waals surface area contributed by atoms with E-state index in [1.54, 1.807) is 42.6 Å². The van der Waals surface area contributed by atoms with E-state index in [2.05, 4.69) is 0 Å². The Morgan fingerprint density at radius 2 is 1.71 bits per heavy atom. The van der Waals surface area contributed by atoms with E-state index in [1.807, 2.05) is 50.4 Å². The number of hydrogen-bond donors (Lipinski definition) is 0. The molecule has 10 heteroatoms. The van der Waals surface area contributed by atoms with Crippen LogP contribution in [0.4, 0.5) is 0 Å². The second-order valence-electron chi connectivity index (χ2n) is 9.43. The molecule has 0 bridgehead atoms. The van der Waals surface area contributed by atoms with Crippen LogP contribution in [0.1, 0.15) is 29.9 Å². The van der Waals surface area contributed by atoms with Crippen LogP contribution in [0.2, 0.25) is 5.02 Å². The maximum atomic E-state index is 13.7. The maximum Gasteiger partial charge on any atom is 0.243 e. The fraction of sp³-hybridized carbons (Fsp3) is 0.393. The minimum atomic E-state index is -3.90. The fourth-order valence-corrected chi connectivity index (χ4v) is 6.59. The lowest BCUT2D eigenvalue weighted by Gasteiger charge is -2.28. The minimum Gasteiger partial charge on any atom is -0.493 e. The van der Waals surface area contributed by atoms with Gasteiger partial charge in [0.25, 0.3) is 0 Å². The van der Waals surface area contributed by atoms with E-state index < -0.39 is 10.0 Å². The summed E-state index contributed by atoms with van der Waals surface area (Å²) < 4.78 is 39.0. The highest BCUT2D eigenvalue weighted by molar-refractivity contribution is 7.89. The Balaban J connectivity index is 1.86. The number of hydrogen-bond acceptors (Lipinski definition) is 6. The zero-order chi connectivity index (χ0) is 27.9. The molecule has 2 aromatic carbocycles. The molecule has 38 heavy (non-hydrogen) atoms. The van der Waals surface area contributed by atoms with Crippen molar-refractivity contribution in [1.29, 1.82) is 0 Å². The van der Waals surface area contributed by atoms with Crippen molar-refractivity contribution in [2.75, 3.05) is 33.9 Å². The van der Waals surface area contributed by atoms with Gasteiger partial charge in [-0.25, -0.2) is 8.42 Å². The van der Waals surface area contributed by atoms with E-state index in [1.165, 1.54) is 16.4 Å². The van der Waals surface area contributed by atoms with Crippen molar-refractivity contribution in [2.45, 2.75) is 38.6 Å². The highest BCUT2D eigenvalue weighted by Gasteiger charge is 2.29. The first-order chi connectivity index (χ1) is 18.0. The lowest BCUT2D eigenvalue weighted by atomic mass is 10.1. The molecule has 3 rings (SSSR count). The molecule has 1 aromatic heterocycles. The number of nitrogens with zero attached hydrogens (tertiary/aromatic N) is 2. The van der Waals surface area contributed by atoms with Crippen molar-refractivity contribution in [1.82, 2.24) is 9.21 Å². The van der Waals surface area contributed by atoms with Crippen LogP contribution in [0.15, 0.2) is 58.8 Å². The second kappa shape index (κ2) is 13.5. The van der Waals surface area contributed by atoms with E-state index in [0.717, 1.165) is 16.0 Å². The first-order valence-corrected chi connectivity index (χ1v) is 15.0. The summed E-state index contributed by atoms with van der Waals surface area (Å²) in [4.78, 5) is 16.6. The van der Waals surface area contributed by atoms with Crippen LogP contribution in [0.25, 0.3) is 0 Å². The Labute approximate surface area is 235 Å². The van der Waals surface area contributed by atoms with Crippen molar-refractivity contribution in [2.24, 2.45) is 5.92 Å². The number of thiophene rings is 1. The van der Waals surface area contributed by atoms with Crippen LogP contribution in [0.5, 0.6) is 11.5 Å². The van der Waals surface area contributed by atoms with Gasteiger partial charge in [-0.05, 0) is 78.2 Å². The Kier molecular flexibility index (Phi) is 10.6. The SMILES string of the molecule is COc1ccc(CCN(Cc2sccc2C)C(=O)CN(CC(C)C)S(=O)(=O)c2ccc(Cl)cc2)cc1OC. The van der Waals surface area contributed by atoms with Gasteiger partial charge in [-0.15, -0.1) is 11.3 Å². The highest BCUT2D eigenvalue weighted by Crippen LogP contribution is 2.28. The van der Waals surface area contributed by atoms with Gasteiger partial charge in [0.05, 0.1) is 32.2 Å². The van der Waals surface area contributed by atoms with Gasteiger partial charge in [0, 0.05) is 23.0 Å². The normalized spacial score (nSPS) is 11.7. The van der Waals surface area contributed by atoms with E-state index in [0.29, 0.717) is 36.0 Å². The Morgan fingerprint density at radius 3 is 2.29 bits per heavy atom. The zero-order valence-electron chi connectivity index (χ0n) is 22.4. The minimum absolute atomic E-state index is 0.0321. The third-order valence-corrected chi connectivity index (χ3v) is 9.19. The zero-order valence-corrected chi connectivity index (χ0v) is 24.8. The predicted octanol–water partition coefficient (Wildman–Crippen LogP) is 5.65. The van der Waals surface area contributed by atoms with Crippen LogP contribution in [-0.2, 0) is 27.8 Å². The van der Waals surface area contributed by atoms with E-state index in [9.17, 15) is 13.2 Å². The Bertz CT molecular complexity index is 1320. The molecule has 0 spiro atoms. The van der Waals surface area contributed by atoms with Crippen molar-refractivity contribution >= 4 is 38.9 Å². The number of amides is 1. The average molecular weight is 579 g/mol. The van der Waals surface area contributed by atoms with Crippen LogP contribution in [0.3, 0.4) is 0 Å². The topological polar surface area (TPSA) is 76.2 Å². The largest absolute Gasteiger partial charge is 0.493 e. The summed E-state index contributed by atoms with van der Waals surface area (Å²) in [5, 5.41) is 2.45. The molecule has 0 fully saturated rings. The molecule has 1 amide bonds. The van der Waals surface area contributed by atoms with Crippen molar-refractivity contribution in [3.63, 3.8) is 0 Å². The van der Waals surface area contributed by atoms with Crippen LogP contribution < -0.4 is 9.47 Å². The first kappa shape index (κ1) is 30.0. The third kappa shape index (κ3) is 7.72. The smallest absolute Gasteiger partial charge is 0.243 e. The first-order valence-electron chi connectivity index (χ1n) is 12.3. The van der Waals surface area contributed by atoms with Gasteiger partial charge in [0.1, 0.15) is 0 Å². The number of methoxy groups -OCH3 is 2. The summed E-state index contributed by atoms with van der Waals surface area (Å²) in [6.45, 7) is 6.67. The fourth-order valence-electron chi connectivity index (χ4n) is 3.99. The molecule has 0 atom stereocenters. The number of rotatable bonds is 13. The number of aryl methyl sites for hydroxylation is 1. The molecule has 1 heterocycles. The van der Waals surface area contributed by atoms with E-state index in [4.69, 9.17) is 21.1 Å². The molecule has 0 unspecified atom stereocenters. The summed E-state index contributed by atoms with van der Waals surface area (Å²) in [6, 6.07) is 13.7. The lowest BCUT2D eigenvalue weighted by molar-refractivity contribution is -0.132. The van der Waals surface area contributed by atoms with E-state index in [-0.39, 0.29) is 29.8 Å². The van der Waals surface area contributed by atoms with Crippen LogP contribution in [0, 0.1) is 12.8 Å². The van der Waals surface area contributed by atoms with Crippen LogP contribution in [-0.4, -0.2) is 57.4 Å². The summed E-state index contributed by atoms with van der Waals surface area (Å²) in [7, 11) is -0.726. The highest BCUT2D eigenvalue weighted by atomic mass is 35.5. The molecule has 0 saturated carbocycles. The van der Waals surface area contributed by atoms with Gasteiger partial charge in [-0.2, -0.15) is 4.31 Å². The number of carbonyl (C=O) groups is 1.